The number of aromatic nitrogens is 4. The molecule has 4 heterocycles. The molecule has 0 bridgehead atoms. The third kappa shape index (κ3) is 4.57. The summed E-state index contributed by atoms with van der Waals surface area (Å²) in [6, 6.07) is 9.88. The van der Waals surface area contributed by atoms with Gasteiger partial charge in [-0.2, -0.15) is 0 Å². The first-order chi connectivity index (χ1) is 17.8. The van der Waals surface area contributed by atoms with Crippen LogP contribution in [-0.4, -0.2) is 68.3 Å². The number of carbonyl (C=O) groups is 2. The fourth-order valence-corrected chi connectivity index (χ4v) is 4.00. The number of aliphatic hydroxyl groups is 1. The van der Waals surface area contributed by atoms with Crippen LogP contribution in [0.1, 0.15) is 13.8 Å². The van der Waals surface area contributed by atoms with E-state index in [0.717, 1.165) is 0 Å². The Hall–Kier alpha value is -4.49. The highest BCUT2D eigenvalue weighted by molar-refractivity contribution is 6.06. The summed E-state index contributed by atoms with van der Waals surface area (Å²) < 4.78 is 17.7. The molecule has 37 heavy (non-hydrogen) atoms. The van der Waals surface area contributed by atoms with Gasteiger partial charge in [-0.25, -0.2) is 9.67 Å². The maximum absolute atomic E-state index is 13.3. The second kappa shape index (κ2) is 9.52. The average Bonchev–Trinajstić information content (AvgIpc) is 3.52. The first kappa shape index (κ1) is 24.2. The van der Waals surface area contributed by atoms with Crippen LogP contribution in [0.15, 0.2) is 53.3 Å². The molecule has 13 nitrogen and oxygen atoms in total. The van der Waals surface area contributed by atoms with Gasteiger partial charge >= 0.3 is 0 Å². The molecule has 2 amide bonds. The third-order valence-corrected chi connectivity index (χ3v) is 5.94. The molecule has 1 aromatic carbocycles. The molecule has 5 rings (SSSR count). The van der Waals surface area contributed by atoms with Crippen molar-refractivity contribution in [3.05, 3.63) is 48.8 Å². The quantitative estimate of drug-likeness (QED) is 0.333. The monoisotopic (exact) mass is 507 g/mol. The van der Waals surface area contributed by atoms with Gasteiger partial charge in [0.15, 0.2) is 28.9 Å². The summed E-state index contributed by atoms with van der Waals surface area (Å²) in [7, 11) is 0. The molecule has 0 aliphatic carbocycles. The number of nitrogen functional groups attached to an aromatic ring is 1. The fourth-order valence-electron chi connectivity index (χ4n) is 4.00. The Bertz CT molecular complexity index is 1460. The summed E-state index contributed by atoms with van der Waals surface area (Å²) in [5.41, 5.74) is 4.92. The van der Waals surface area contributed by atoms with Crippen LogP contribution in [0.4, 0.5) is 17.3 Å². The molecule has 0 saturated carbocycles. The van der Waals surface area contributed by atoms with Crippen molar-refractivity contribution in [1.82, 2.24) is 19.9 Å². The van der Waals surface area contributed by atoms with Crippen LogP contribution in [0, 0.1) is 0 Å². The molecule has 4 N–H and O–H groups in total. The van der Waals surface area contributed by atoms with E-state index >= 15 is 0 Å². The lowest BCUT2D eigenvalue weighted by molar-refractivity contribution is -0.165. The summed E-state index contributed by atoms with van der Waals surface area (Å²) in [5, 5.41) is 22.4. The minimum absolute atomic E-state index is 0.0970. The fraction of sp³-hybridized carbons (Fsp3) is 0.292. The predicted octanol–water partition coefficient (Wildman–Crippen LogP) is 1.51. The lowest BCUT2D eigenvalue weighted by Crippen LogP contribution is -2.61. The van der Waals surface area contributed by atoms with Crippen molar-refractivity contribution >= 4 is 40.1 Å². The molecule has 4 aromatic rings. The zero-order valence-corrected chi connectivity index (χ0v) is 20.1. The largest absolute Gasteiger partial charge is 0.478 e. The normalized spacial score (nSPS) is 17.5. The lowest BCUT2D eigenvalue weighted by Gasteiger charge is -2.37. The molecule has 1 fully saturated rings. The number of ether oxygens (including phenoxy) is 2. The van der Waals surface area contributed by atoms with Crippen molar-refractivity contribution in [3.63, 3.8) is 0 Å². The van der Waals surface area contributed by atoms with Gasteiger partial charge in [-0.3, -0.25) is 14.5 Å². The van der Waals surface area contributed by atoms with Crippen molar-refractivity contribution in [1.29, 1.82) is 0 Å². The topological polar surface area (TPSA) is 171 Å². The number of rotatable bonds is 7. The van der Waals surface area contributed by atoms with Gasteiger partial charge in [-0.15, -0.1) is 5.10 Å². The lowest BCUT2D eigenvalue weighted by atomic mass is 9.95. The highest BCUT2D eigenvalue weighted by Crippen LogP contribution is 2.27. The number of morpholine rings is 1. The maximum Gasteiger partial charge on any atom is 0.260 e. The minimum Gasteiger partial charge on any atom is -0.478 e. The number of nitrogens with one attached hydrogen (secondary N) is 1. The molecular weight excluding hydrogens is 482 g/mol. The second-order valence-corrected chi connectivity index (χ2v) is 8.52. The minimum atomic E-state index is -2.19. The smallest absolute Gasteiger partial charge is 0.260 e. The van der Waals surface area contributed by atoms with Crippen molar-refractivity contribution in [2.75, 3.05) is 35.7 Å². The Balaban J connectivity index is 1.33. The summed E-state index contributed by atoms with van der Waals surface area (Å²) in [6.45, 7) is 3.86. The van der Waals surface area contributed by atoms with E-state index in [4.69, 9.17) is 19.7 Å². The van der Waals surface area contributed by atoms with Crippen LogP contribution in [0.3, 0.4) is 0 Å². The molecule has 13 heteroatoms. The van der Waals surface area contributed by atoms with Crippen LogP contribution in [-0.2, 0) is 14.3 Å². The molecule has 1 aliphatic rings. The second-order valence-electron chi connectivity index (χ2n) is 8.52. The highest BCUT2D eigenvalue weighted by atomic mass is 16.5. The van der Waals surface area contributed by atoms with Gasteiger partial charge in [0.1, 0.15) is 0 Å². The zero-order chi connectivity index (χ0) is 26.2. The number of hydrogen-bond acceptors (Lipinski definition) is 10. The van der Waals surface area contributed by atoms with Crippen molar-refractivity contribution in [2.24, 2.45) is 0 Å². The number of amides is 2. The number of benzene rings is 1. The van der Waals surface area contributed by atoms with E-state index in [0.29, 0.717) is 40.6 Å². The van der Waals surface area contributed by atoms with Crippen LogP contribution in [0.25, 0.3) is 16.7 Å². The van der Waals surface area contributed by atoms with Gasteiger partial charge in [-0.05, 0) is 32.0 Å². The summed E-state index contributed by atoms with van der Waals surface area (Å²) >= 11 is 0. The van der Waals surface area contributed by atoms with E-state index in [-0.39, 0.29) is 19.0 Å². The first-order valence-corrected chi connectivity index (χ1v) is 11.5. The Labute approximate surface area is 210 Å². The molecule has 0 spiro atoms. The van der Waals surface area contributed by atoms with Crippen LogP contribution >= 0.6 is 0 Å². The first-order valence-electron chi connectivity index (χ1n) is 11.5. The van der Waals surface area contributed by atoms with Crippen molar-refractivity contribution in [2.45, 2.75) is 25.6 Å². The highest BCUT2D eigenvalue weighted by Gasteiger charge is 2.49. The molecule has 2 atom stereocenters. The van der Waals surface area contributed by atoms with Gasteiger partial charge < -0.3 is 30.2 Å². The Morgan fingerprint density at radius 1 is 1.32 bits per heavy atom. The summed E-state index contributed by atoms with van der Waals surface area (Å²) in [5.74, 6) is -0.405. The molecule has 192 valence electrons. The van der Waals surface area contributed by atoms with E-state index in [1.807, 2.05) is 6.92 Å². The van der Waals surface area contributed by atoms with E-state index in [2.05, 4.69) is 20.6 Å². The van der Waals surface area contributed by atoms with Crippen molar-refractivity contribution < 1.29 is 28.7 Å². The van der Waals surface area contributed by atoms with E-state index < -0.39 is 23.5 Å². The van der Waals surface area contributed by atoms with Crippen LogP contribution < -0.4 is 20.7 Å². The van der Waals surface area contributed by atoms with Gasteiger partial charge in [0.2, 0.25) is 5.88 Å². The van der Waals surface area contributed by atoms with Gasteiger partial charge in [0.25, 0.3) is 11.8 Å². The molecule has 1 unspecified atom stereocenters. The summed E-state index contributed by atoms with van der Waals surface area (Å²) in [6.07, 6.45) is 1.83. The number of nitrogens with zero attached hydrogens (tertiary/aromatic N) is 5. The standard InChI is InChI=1S/C24H25N7O6/c1-3-35-19-13-15(6-8-26-19)31-9-7-18(28-31)30-10-11-36-20(22(30)32)24(2,34)23(33)27-14-4-5-16-17(12-14)37-29-21(16)25/h4-9,12-13,20,34H,3,10-11H2,1-2H3,(H2,25,29)(H,27,33)/t20-,24?/m0/s1. The summed E-state index contributed by atoms with van der Waals surface area (Å²) in [4.78, 5) is 31.9. The van der Waals surface area contributed by atoms with E-state index in [1.165, 1.54) is 17.9 Å². The molecule has 1 aliphatic heterocycles. The third-order valence-electron chi connectivity index (χ3n) is 5.94. The Kier molecular flexibility index (Phi) is 6.23. The molecule has 1 saturated heterocycles. The Morgan fingerprint density at radius 2 is 2.16 bits per heavy atom. The predicted molar refractivity (Wildman–Crippen MR) is 132 cm³/mol. The average molecular weight is 508 g/mol. The van der Waals surface area contributed by atoms with Gasteiger partial charge in [0.05, 0.1) is 30.8 Å². The zero-order valence-electron chi connectivity index (χ0n) is 20.1. The maximum atomic E-state index is 13.3. The molecular formula is C24H25N7O6. The van der Waals surface area contributed by atoms with Gasteiger partial charge in [0, 0.05) is 36.3 Å². The molecule has 0 radical (unpaired) electrons. The number of hydrogen-bond donors (Lipinski definition) is 3. The number of anilines is 3. The number of pyridine rings is 1. The van der Waals surface area contributed by atoms with Crippen LogP contribution in [0.5, 0.6) is 5.88 Å². The Morgan fingerprint density at radius 3 is 2.97 bits per heavy atom. The van der Waals surface area contributed by atoms with Crippen molar-refractivity contribution in [3.8, 4) is 11.6 Å². The van der Waals surface area contributed by atoms with E-state index in [1.54, 1.807) is 47.4 Å². The number of carbonyl (C=O) groups excluding carboxylic acids is 2. The van der Waals surface area contributed by atoms with Gasteiger partial charge in [-0.1, -0.05) is 5.16 Å². The molecule has 3 aromatic heterocycles. The van der Waals surface area contributed by atoms with E-state index in [9.17, 15) is 14.7 Å². The number of nitrogens with two attached hydrogens (primary N) is 1. The SMILES string of the molecule is CCOc1cc(-n2ccc(N3CCO[C@H](C(C)(O)C(=O)Nc4ccc5c(N)noc5c4)C3=O)n2)ccn1. The number of fused-ring (bicyclic) bond motifs is 1. The van der Waals surface area contributed by atoms with Crippen LogP contribution in [0.2, 0.25) is 0 Å².